The van der Waals surface area contributed by atoms with Gasteiger partial charge in [0, 0.05) is 23.5 Å². The Balaban J connectivity index is 1.60. The summed E-state index contributed by atoms with van der Waals surface area (Å²) in [6, 6.07) is 17.3. The quantitative estimate of drug-likeness (QED) is 0.594. The Morgan fingerprint density at radius 3 is 2.42 bits per heavy atom. The fourth-order valence-corrected chi connectivity index (χ4v) is 2.46. The SMILES string of the molecule is CC(C)Oc1ccc(Nc2nccc(NCc3ccc(Cl)cc3)n2)cc1. The third kappa shape index (κ3) is 5.36. The smallest absolute Gasteiger partial charge is 0.229 e. The lowest BCUT2D eigenvalue weighted by Gasteiger charge is -2.11. The minimum atomic E-state index is 0.153. The zero-order valence-corrected chi connectivity index (χ0v) is 15.5. The molecule has 0 saturated heterocycles. The standard InChI is InChI=1S/C20H21ClN4O/c1-14(2)26-18-9-7-17(8-10-18)24-20-22-12-11-19(25-20)23-13-15-3-5-16(21)6-4-15/h3-12,14H,13H2,1-2H3,(H2,22,23,24,25). The second-order valence-corrected chi connectivity index (χ2v) is 6.50. The molecule has 0 aliphatic heterocycles. The highest BCUT2D eigenvalue weighted by molar-refractivity contribution is 6.30. The molecule has 3 rings (SSSR count). The van der Waals surface area contributed by atoms with Gasteiger partial charge in [0.15, 0.2) is 0 Å². The molecule has 0 amide bonds. The third-order valence-electron chi connectivity index (χ3n) is 3.52. The van der Waals surface area contributed by atoms with E-state index in [-0.39, 0.29) is 6.10 Å². The molecule has 5 nitrogen and oxygen atoms in total. The molecule has 0 aliphatic carbocycles. The van der Waals surface area contributed by atoms with Crippen LogP contribution in [-0.4, -0.2) is 16.1 Å². The van der Waals surface area contributed by atoms with E-state index in [0.29, 0.717) is 12.5 Å². The molecule has 0 unspecified atom stereocenters. The van der Waals surface area contributed by atoms with E-state index in [9.17, 15) is 0 Å². The summed E-state index contributed by atoms with van der Waals surface area (Å²) in [5, 5.41) is 7.21. The lowest BCUT2D eigenvalue weighted by atomic mass is 10.2. The van der Waals surface area contributed by atoms with Crippen molar-refractivity contribution in [3.8, 4) is 5.75 Å². The lowest BCUT2D eigenvalue weighted by molar-refractivity contribution is 0.242. The Kier molecular flexibility index (Phi) is 5.92. The van der Waals surface area contributed by atoms with Crippen LogP contribution in [0.15, 0.2) is 60.8 Å². The topological polar surface area (TPSA) is 59.1 Å². The van der Waals surface area contributed by atoms with E-state index in [1.807, 2.05) is 68.4 Å². The third-order valence-corrected chi connectivity index (χ3v) is 3.78. The maximum atomic E-state index is 5.90. The van der Waals surface area contributed by atoms with E-state index in [1.165, 1.54) is 0 Å². The molecule has 0 saturated carbocycles. The van der Waals surface area contributed by atoms with Gasteiger partial charge in [-0.15, -0.1) is 0 Å². The maximum Gasteiger partial charge on any atom is 0.229 e. The molecule has 0 aliphatic rings. The molecule has 1 aromatic heterocycles. The Morgan fingerprint density at radius 2 is 1.73 bits per heavy atom. The highest BCUT2D eigenvalue weighted by Crippen LogP contribution is 2.20. The first-order valence-corrected chi connectivity index (χ1v) is 8.81. The van der Waals surface area contributed by atoms with Crippen LogP contribution in [0.25, 0.3) is 0 Å². The molecule has 0 radical (unpaired) electrons. The molecule has 3 aromatic rings. The summed E-state index contributed by atoms with van der Waals surface area (Å²) < 4.78 is 5.64. The predicted octanol–water partition coefficient (Wildman–Crippen LogP) is 5.27. The fraction of sp³-hybridized carbons (Fsp3) is 0.200. The van der Waals surface area contributed by atoms with E-state index < -0.39 is 0 Å². The molecule has 1 heterocycles. The van der Waals surface area contributed by atoms with Crippen molar-refractivity contribution >= 4 is 29.1 Å². The molecule has 0 bridgehead atoms. The molecule has 0 spiro atoms. The van der Waals surface area contributed by atoms with E-state index >= 15 is 0 Å². The Morgan fingerprint density at radius 1 is 1.00 bits per heavy atom. The summed E-state index contributed by atoms with van der Waals surface area (Å²) in [7, 11) is 0. The van der Waals surface area contributed by atoms with Gasteiger partial charge in [0.1, 0.15) is 11.6 Å². The van der Waals surface area contributed by atoms with Gasteiger partial charge in [0.05, 0.1) is 6.10 Å². The normalized spacial score (nSPS) is 10.6. The molecule has 0 fully saturated rings. The van der Waals surface area contributed by atoms with Crippen LogP contribution in [0.3, 0.4) is 0 Å². The van der Waals surface area contributed by atoms with E-state index in [4.69, 9.17) is 16.3 Å². The van der Waals surface area contributed by atoms with Gasteiger partial charge in [-0.25, -0.2) is 4.98 Å². The number of hydrogen-bond acceptors (Lipinski definition) is 5. The number of rotatable bonds is 7. The first-order valence-electron chi connectivity index (χ1n) is 8.43. The summed E-state index contributed by atoms with van der Waals surface area (Å²) in [5.41, 5.74) is 2.03. The zero-order chi connectivity index (χ0) is 18.4. The summed E-state index contributed by atoms with van der Waals surface area (Å²) >= 11 is 5.90. The van der Waals surface area contributed by atoms with Crippen molar-refractivity contribution in [2.24, 2.45) is 0 Å². The number of nitrogens with one attached hydrogen (secondary N) is 2. The molecule has 6 heteroatoms. The van der Waals surface area contributed by atoms with Crippen LogP contribution in [-0.2, 0) is 6.54 Å². The highest BCUT2D eigenvalue weighted by atomic mass is 35.5. The largest absolute Gasteiger partial charge is 0.491 e. The van der Waals surface area contributed by atoms with Gasteiger partial charge in [-0.3, -0.25) is 0 Å². The number of halogens is 1. The Hall–Kier alpha value is -2.79. The number of nitrogens with zero attached hydrogens (tertiary/aromatic N) is 2. The fourth-order valence-electron chi connectivity index (χ4n) is 2.33. The lowest BCUT2D eigenvalue weighted by Crippen LogP contribution is -2.05. The average molecular weight is 369 g/mol. The predicted molar refractivity (Wildman–Crippen MR) is 106 cm³/mol. The maximum absolute atomic E-state index is 5.90. The van der Waals surface area contributed by atoms with Crippen LogP contribution in [0.2, 0.25) is 5.02 Å². The minimum absolute atomic E-state index is 0.153. The van der Waals surface area contributed by atoms with Crippen molar-refractivity contribution in [3.63, 3.8) is 0 Å². The van der Waals surface area contributed by atoms with Gasteiger partial charge in [0.25, 0.3) is 0 Å². The summed E-state index contributed by atoms with van der Waals surface area (Å²) in [6.45, 7) is 4.67. The van der Waals surface area contributed by atoms with Crippen LogP contribution < -0.4 is 15.4 Å². The highest BCUT2D eigenvalue weighted by Gasteiger charge is 2.02. The van der Waals surface area contributed by atoms with E-state index in [1.54, 1.807) is 6.20 Å². The van der Waals surface area contributed by atoms with Crippen molar-refractivity contribution in [3.05, 3.63) is 71.4 Å². The van der Waals surface area contributed by atoms with Crippen LogP contribution in [0, 0.1) is 0 Å². The van der Waals surface area contributed by atoms with Crippen molar-refractivity contribution in [1.29, 1.82) is 0 Å². The minimum Gasteiger partial charge on any atom is -0.491 e. The summed E-state index contributed by atoms with van der Waals surface area (Å²) in [5.74, 6) is 2.12. The molecule has 0 atom stereocenters. The summed E-state index contributed by atoms with van der Waals surface area (Å²) in [4.78, 5) is 8.74. The van der Waals surface area contributed by atoms with Crippen molar-refractivity contribution < 1.29 is 4.74 Å². The zero-order valence-electron chi connectivity index (χ0n) is 14.7. The van der Waals surface area contributed by atoms with Crippen LogP contribution >= 0.6 is 11.6 Å². The van der Waals surface area contributed by atoms with Crippen LogP contribution in [0.5, 0.6) is 5.75 Å². The number of ether oxygens (including phenoxy) is 1. The first-order chi connectivity index (χ1) is 12.6. The molecule has 2 aromatic carbocycles. The molecule has 2 N–H and O–H groups in total. The van der Waals surface area contributed by atoms with Gasteiger partial charge in [-0.05, 0) is 61.9 Å². The van der Waals surface area contributed by atoms with E-state index in [2.05, 4.69) is 20.6 Å². The monoisotopic (exact) mass is 368 g/mol. The van der Waals surface area contributed by atoms with E-state index in [0.717, 1.165) is 27.8 Å². The van der Waals surface area contributed by atoms with Gasteiger partial charge in [-0.2, -0.15) is 4.98 Å². The second-order valence-electron chi connectivity index (χ2n) is 6.06. The van der Waals surface area contributed by atoms with Crippen LogP contribution in [0.1, 0.15) is 19.4 Å². The summed E-state index contributed by atoms with van der Waals surface area (Å²) in [6.07, 6.45) is 1.87. The van der Waals surface area contributed by atoms with Crippen molar-refractivity contribution in [2.75, 3.05) is 10.6 Å². The number of anilines is 3. The number of aromatic nitrogens is 2. The second kappa shape index (κ2) is 8.54. The number of benzene rings is 2. The van der Waals surface area contributed by atoms with Gasteiger partial charge in [0.2, 0.25) is 5.95 Å². The average Bonchev–Trinajstić information content (AvgIpc) is 2.63. The van der Waals surface area contributed by atoms with Crippen LogP contribution in [0.4, 0.5) is 17.5 Å². The molecular weight excluding hydrogens is 348 g/mol. The molecular formula is C20H21ClN4O. The van der Waals surface area contributed by atoms with Crippen molar-refractivity contribution in [1.82, 2.24) is 9.97 Å². The van der Waals surface area contributed by atoms with Gasteiger partial charge in [-0.1, -0.05) is 23.7 Å². The van der Waals surface area contributed by atoms with Crippen molar-refractivity contribution in [2.45, 2.75) is 26.5 Å². The Labute approximate surface area is 158 Å². The number of hydrogen-bond donors (Lipinski definition) is 2. The van der Waals surface area contributed by atoms with Gasteiger partial charge < -0.3 is 15.4 Å². The first kappa shape index (κ1) is 18.0. The Bertz CT molecular complexity index is 835. The molecule has 26 heavy (non-hydrogen) atoms. The van der Waals surface area contributed by atoms with Gasteiger partial charge >= 0.3 is 0 Å². The molecule has 134 valence electrons.